The second kappa shape index (κ2) is 10.4. The van der Waals surface area contributed by atoms with Crippen molar-refractivity contribution >= 4 is 27.4 Å². The number of aromatic nitrogens is 3. The van der Waals surface area contributed by atoms with Gasteiger partial charge in [0, 0.05) is 35.8 Å². The smallest absolute Gasteiger partial charge is 0.264 e. The molecule has 1 aliphatic carbocycles. The van der Waals surface area contributed by atoms with Crippen molar-refractivity contribution in [3.8, 4) is 22.9 Å². The van der Waals surface area contributed by atoms with E-state index in [1.165, 1.54) is 18.2 Å². The molecule has 0 spiro atoms. The molecule has 1 fully saturated rings. The Labute approximate surface area is 218 Å². The number of ether oxygens (including phenoxy) is 1. The Bertz CT molecular complexity index is 1620. The summed E-state index contributed by atoms with van der Waals surface area (Å²) in [5, 5.41) is 10.7. The number of fused-ring (bicyclic) bond motifs is 1. The van der Waals surface area contributed by atoms with Crippen LogP contribution in [0.4, 0.5) is 10.1 Å². The lowest BCUT2D eigenvalue weighted by atomic mass is 10.0. The van der Waals surface area contributed by atoms with Gasteiger partial charge in [-0.1, -0.05) is 12.1 Å². The second-order valence-electron chi connectivity index (χ2n) is 9.18. The summed E-state index contributed by atoms with van der Waals surface area (Å²) < 4.78 is 52.3. The van der Waals surface area contributed by atoms with Crippen molar-refractivity contribution in [3.63, 3.8) is 0 Å². The van der Waals surface area contributed by atoms with Gasteiger partial charge in [0.1, 0.15) is 11.6 Å². The van der Waals surface area contributed by atoms with E-state index in [-0.39, 0.29) is 36.5 Å². The topological polar surface area (TPSA) is 135 Å². The number of carbonyl (C=O) groups is 1. The molecular weight excluding hydrogens is 513 g/mol. The number of benzene rings is 2. The van der Waals surface area contributed by atoms with Crippen LogP contribution in [0.5, 0.6) is 11.6 Å². The highest BCUT2D eigenvalue weighted by Gasteiger charge is 2.24. The number of carbonyl (C=O) groups excluding carboxylic acids is 1. The number of hydrogen-bond acceptors (Lipinski definition) is 7. The lowest BCUT2D eigenvalue weighted by Crippen LogP contribution is -2.26. The summed E-state index contributed by atoms with van der Waals surface area (Å²) in [6.45, 7) is 2.09. The fraction of sp³-hybridized carbons (Fsp3) is 0.269. The molecule has 38 heavy (non-hydrogen) atoms. The van der Waals surface area contributed by atoms with Gasteiger partial charge >= 0.3 is 0 Å². The van der Waals surface area contributed by atoms with E-state index in [1.54, 1.807) is 28.9 Å². The van der Waals surface area contributed by atoms with Crippen LogP contribution in [-0.4, -0.2) is 51.8 Å². The van der Waals surface area contributed by atoms with Crippen molar-refractivity contribution in [1.82, 2.24) is 19.9 Å². The van der Waals surface area contributed by atoms with Gasteiger partial charge in [-0.3, -0.25) is 9.35 Å². The average molecular weight is 540 g/mol. The molecule has 10 nitrogen and oxygen atoms in total. The van der Waals surface area contributed by atoms with E-state index in [9.17, 15) is 17.6 Å². The van der Waals surface area contributed by atoms with Crippen LogP contribution in [-0.2, 0) is 10.1 Å². The fourth-order valence-electron chi connectivity index (χ4n) is 4.02. The number of halogens is 1. The Morgan fingerprint density at radius 2 is 2.03 bits per heavy atom. The molecule has 0 radical (unpaired) electrons. The molecule has 4 aromatic rings. The van der Waals surface area contributed by atoms with Crippen LogP contribution in [0.1, 0.15) is 35.2 Å². The predicted molar refractivity (Wildman–Crippen MR) is 140 cm³/mol. The van der Waals surface area contributed by atoms with Gasteiger partial charge in [-0.25, -0.2) is 13.9 Å². The zero-order chi connectivity index (χ0) is 26.9. The van der Waals surface area contributed by atoms with Crippen LogP contribution in [0.15, 0.2) is 54.7 Å². The summed E-state index contributed by atoms with van der Waals surface area (Å²) in [5.74, 6) is -0.561. The molecule has 2 aromatic carbocycles. The molecule has 1 amide bonds. The summed E-state index contributed by atoms with van der Waals surface area (Å²) in [6, 6.07) is 13.0. The molecule has 1 aliphatic rings. The van der Waals surface area contributed by atoms with E-state index < -0.39 is 21.7 Å². The van der Waals surface area contributed by atoms with Crippen LogP contribution in [0, 0.1) is 12.7 Å². The van der Waals surface area contributed by atoms with E-state index in [1.807, 2.05) is 19.1 Å². The van der Waals surface area contributed by atoms with E-state index in [0.29, 0.717) is 22.6 Å². The van der Waals surface area contributed by atoms with Gasteiger partial charge in [-0.2, -0.15) is 8.42 Å². The SMILES string of the molecule is Cc1cc(-c2cnc3c(NCCCS(=O)(=O)O)cc(Oc4cccc(F)c4)nn23)ccc1C(=O)NC1CC1. The monoisotopic (exact) mass is 539 g/mol. The predicted octanol–water partition coefficient (Wildman–Crippen LogP) is 4.22. The molecular formula is C26H26FN5O5S. The lowest BCUT2D eigenvalue weighted by Gasteiger charge is -2.12. The van der Waals surface area contributed by atoms with E-state index in [2.05, 4.69) is 20.7 Å². The Hall–Kier alpha value is -4.03. The molecule has 0 bridgehead atoms. The molecule has 12 heteroatoms. The summed E-state index contributed by atoms with van der Waals surface area (Å²) >= 11 is 0. The quantitative estimate of drug-likeness (QED) is 0.201. The van der Waals surface area contributed by atoms with Crippen molar-refractivity contribution in [2.24, 2.45) is 0 Å². The van der Waals surface area contributed by atoms with Gasteiger partial charge < -0.3 is 15.4 Å². The third-order valence-corrected chi connectivity index (χ3v) is 6.84. The van der Waals surface area contributed by atoms with Gasteiger partial charge in [0.2, 0.25) is 5.88 Å². The maximum atomic E-state index is 13.7. The largest absolute Gasteiger partial charge is 0.437 e. The number of nitrogens with one attached hydrogen (secondary N) is 2. The van der Waals surface area contributed by atoms with Crippen LogP contribution in [0.25, 0.3) is 16.9 Å². The first-order valence-corrected chi connectivity index (χ1v) is 13.7. The number of rotatable bonds is 10. The fourth-order valence-corrected chi connectivity index (χ4v) is 4.53. The number of hydrogen-bond donors (Lipinski definition) is 3. The Morgan fingerprint density at radius 1 is 1.21 bits per heavy atom. The van der Waals surface area contributed by atoms with Gasteiger partial charge in [0.25, 0.3) is 16.0 Å². The van der Waals surface area contributed by atoms with E-state index in [4.69, 9.17) is 9.29 Å². The van der Waals surface area contributed by atoms with Crippen LogP contribution in [0.2, 0.25) is 0 Å². The summed E-state index contributed by atoms with van der Waals surface area (Å²) in [5.41, 5.74) is 3.75. The molecule has 0 aliphatic heterocycles. The minimum atomic E-state index is -4.08. The molecule has 1 saturated carbocycles. The van der Waals surface area contributed by atoms with Crippen molar-refractivity contribution in [2.45, 2.75) is 32.2 Å². The lowest BCUT2D eigenvalue weighted by molar-refractivity contribution is 0.0950. The highest BCUT2D eigenvalue weighted by molar-refractivity contribution is 7.85. The van der Waals surface area contributed by atoms with Crippen LogP contribution < -0.4 is 15.4 Å². The Balaban J connectivity index is 1.49. The molecule has 5 rings (SSSR count). The third kappa shape index (κ3) is 6.09. The van der Waals surface area contributed by atoms with Crippen molar-refractivity contribution in [1.29, 1.82) is 0 Å². The molecule has 2 aromatic heterocycles. The third-order valence-electron chi connectivity index (χ3n) is 6.04. The van der Waals surface area contributed by atoms with Crippen molar-refractivity contribution < 1.29 is 26.9 Å². The van der Waals surface area contributed by atoms with Gasteiger partial charge in [-0.05, 0) is 56.0 Å². The number of amides is 1. The zero-order valence-corrected chi connectivity index (χ0v) is 21.3. The van der Waals surface area contributed by atoms with Gasteiger partial charge in [0.15, 0.2) is 5.65 Å². The molecule has 2 heterocycles. The maximum Gasteiger partial charge on any atom is 0.264 e. The zero-order valence-electron chi connectivity index (χ0n) is 20.5. The van der Waals surface area contributed by atoms with Gasteiger partial charge in [-0.15, -0.1) is 5.10 Å². The van der Waals surface area contributed by atoms with E-state index in [0.717, 1.165) is 24.0 Å². The molecule has 0 atom stereocenters. The van der Waals surface area contributed by atoms with Crippen LogP contribution in [0.3, 0.4) is 0 Å². The summed E-state index contributed by atoms with van der Waals surface area (Å²) in [7, 11) is -4.08. The van der Waals surface area contributed by atoms with Gasteiger partial charge in [0.05, 0.1) is 23.3 Å². The Kier molecular flexibility index (Phi) is 7.00. The van der Waals surface area contributed by atoms with E-state index >= 15 is 0 Å². The first-order chi connectivity index (χ1) is 18.2. The standard InChI is InChI=1S/C26H26FN5O5S/c1-16-12-17(6-9-21(16)26(33)30-19-7-8-19)23-15-29-25-22(28-10-3-11-38(34,35)36)14-24(31-32(23)25)37-20-5-2-4-18(27)13-20/h2,4-6,9,12-15,19,28H,3,7-8,10-11H2,1H3,(H,30,33)(H,34,35,36). The molecule has 3 N–H and O–H groups in total. The second-order valence-corrected chi connectivity index (χ2v) is 10.8. The maximum absolute atomic E-state index is 13.7. The first-order valence-electron chi connectivity index (χ1n) is 12.1. The number of anilines is 1. The summed E-state index contributed by atoms with van der Waals surface area (Å²) in [4.78, 5) is 17.0. The number of imidazole rings is 1. The number of aryl methyl sites for hydroxylation is 1. The first kappa shape index (κ1) is 25.6. The molecule has 198 valence electrons. The van der Waals surface area contributed by atoms with Crippen molar-refractivity contribution in [2.75, 3.05) is 17.6 Å². The number of nitrogens with zero attached hydrogens (tertiary/aromatic N) is 3. The molecule has 0 saturated heterocycles. The van der Waals surface area contributed by atoms with Crippen molar-refractivity contribution in [3.05, 3.63) is 71.7 Å². The average Bonchev–Trinajstić information content (AvgIpc) is 3.56. The summed E-state index contributed by atoms with van der Waals surface area (Å²) in [6.07, 6.45) is 3.80. The van der Waals surface area contributed by atoms with Crippen LogP contribution >= 0.6 is 0 Å². The normalized spacial score (nSPS) is 13.4. The molecule has 0 unspecified atom stereocenters. The Morgan fingerprint density at radius 3 is 2.74 bits per heavy atom. The highest BCUT2D eigenvalue weighted by Crippen LogP contribution is 2.30. The minimum Gasteiger partial charge on any atom is -0.437 e. The highest BCUT2D eigenvalue weighted by atomic mass is 32.2. The minimum absolute atomic E-state index is 0.102.